The smallest absolute Gasteiger partial charge is 0.159 e. The van der Waals surface area contributed by atoms with Crippen molar-refractivity contribution in [2.24, 2.45) is 5.73 Å². The number of benzene rings is 1. The van der Waals surface area contributed by atoms with Crippen LogP contribution < -0.4 is 5.73 Å². The average molecular weight is 284 g/mol. The predicted molar refractivity (Wildman–Crippen MR) is 81.1 cm³/mol. The van der Waals surface area contributed by atoms with Gasteiger partial charge in [0.2, 0.25) is 0 Å². The highest BCUT2D eigenvalue weighted by atomic mass is 19.1. The molecule has 2 N–H and O–H groups in total. The minimum Gasteiger partial charge on any atom is -0.326 e. The normalized spacial score (nSPS) is 11.2. The summed E-state index contributed by atoms with van der Waals surface area (Å²) in [6.07, 6.45) is 2.20. The van der Waals surface area contributed by atoms with Gasteiger partial charge in [-0.3, -0.25) is 0 Å². The lowest BCUT2D eigenvalue weighted by molar-refractivity contribution is 0.621. The standard InChI is InChI=1S/C16H17FN4/c1-2-7-21-15-6-3-11(9-18)8-14(15)20-16(21)13-5-4-12(17)10-19-13/h3-6,8,10H,2,7,9,18H2,1H3. The number of nitrogens with two attached hydrogens (primary N) is 1. The van der Waals surface area contributed by atoms with Crippen molar-refractivity contribution in [1.29, 1.82) is 0 Å². The summed E-state index contributed by atoms with van der Waals surface area (Å²) in [4.78, 5) is 8.81. The molecule has 0 saturated carbocycles. The Bertz CT molecular complexity index is 762. The molecule has 3 aromatic rings. The van der Waals surface area contributed by atoms with Crippen LogP contribution in [0.1, 0.15) is 18.9 Å². The third-order valence-corrected chi connectivity index (χ3v) is 3.45. The molecule has 5 heteroatoms. The fourth-order valence-electron chi connectivity index (χ4n) is 2.46. The zero-order chi connectivity index (χ0) is 14.8. The first-order valence-corrected chi connectivity index (χ1v) is 7.04. The second kappa shape index (κ2) is 5.61. The Morgan fingerprint density at radius 1 is 1.24 bits per heavy atom. The van der Waals surface area contributed by atoms with Crippen molar-refractivity contribution in [1.82, 2.24) is 14.5 Å². The summed E-state index contributed by atoms with van der Waals surface area (Å²) in [5, 5.41) is 0. The van der Waals surface area contributed by atoms with Gasteiger partial charge in [0, 0.05) is 13.1 Å². The Labute approximate surface area is 122 Å². The average Bonchev–Trinajstić information content (AvgIpc) is 2.86. The van der Waals surface area contributed by atoms with Crippen LogP contribution >= 0.6 is 0 Å². The lowest BCUT2D eigenvalue weighted by Gasteiger charge is -2.07. The number of nitrogens with zero attached hydrogens (tertiary/aromatic N) is 3. The highest BCUT2D eigenvalue weighted by Gasteiger charge is 2.13. The third kappa shape index (κ3) is 2.52. The number of aryl methyl sites for hydroxylation is 1. The molecule has 0 saturated heterocycles. The van der Waals surface area contributed by atoms with Crippen molar-refractivity contribution in [2.75, 3.05) is 0 Å². The molecule has 3 rings (SSSR count). The lowest BCUT2D eigenvalue weighted by Crippen LogP contribution is -2.01. The van der Waals surface area contributed by atoms with Gasteiger partial charge in [-0.2, -0.15) is 0 Å². The van der Waals surface area contributed by atoms with Crippen LogP contribution in [0.15, 0.2) is 36.5 Å². The Kier molecular flexibility index (Phi) is 3.66. The van der Waals surface area contributed by atoms with Crippen molar-refractivity contribution < 1.29 is 4.39 Å². The molecule has 0 aliphatic carbocycles. The zero-order valence-electron chi connectivity index (χ0n) is 11.9. The maximum Gasteiger partial charge on any atom is 0.159 e. The number of aromatic nitrogens is 3. The Balaban J connectivity index is 2.20. The van der Waals surface area contributed by atoms with E-state index in [1.807, 2.05) is 18.2 Å². The molecule has 2 heterocycles. The number of rotatable bonds is 4. The number of hydrogen-bond acceptors (Lipinski definition) is 3. The SMILES string of the molecule is CCCn1c(-c2ccc(F)cn2)nc2cc(CN)ccc21. The van der Waals surface area contributed by atoms with Crippen LogP contribution in [0.3, 0.4) is 0 Å². The maximum atomic E-state index is 13.1. The first kappa shape index (κ1) is 13.7. The summed E-state index contributed by atoms with van der Waals surface area (Å²) in [7, 11) is 0. The number of halogens is 1. The van der Waals surface area contributed by atoms with Gasteiger partial charge in [-0.1, -0.05) is 13.0 Å². The molecule has 1 aromatic carbocycles. The second-order valence-corrected chi connectivity index (χ2v) is 4.98. The first-order valence-electron chi connectivity index (χ1n) is 7.04. The summed E-state index contributed by atoms with van der Waals surface area (Å²) >= 11 is 0. The monoisotopic (exact) mass is 284 g/mol. The van der Waals surface area contributed by atoms with Crippen LogP contribution in [0, 0.1) is 5.82 Å². The maximum absolute atomic E-state index is 13.1. The van der Waals surface area contributed by atoms with Gasteiger partial charge < -0.3 is 10.3 Å². The molecular formula is C16H17FN4. The van der Waals surface area contributed by atoms with Crippen LogP contribution in [0.25, 0.3) is 22.6 Å². The van der Waals surface area contributed by atoms with E-state index >= 15 is 0 Å². The predicted octanol–water partition coefficient (Wildman–Crippen LogP) is 3.11. The van der Waals surface area contributed by atoms with E-state index in [2.05, 4.69) is 21.5 Å². The molecule has 0 radical (unpaired) electrons. The van der Waals surface area contributed by atoms with E-state index in [1.54, 1.807) is 6.07 Å². The Morgan fingerprint density at radius 2 is 2.10 bits per heavy atom. The van der Waals surface area contributed by atoms with E-state index in [0.717, 1.165) is 35.4 Å². The molecule has 0 aliphatic rings. The number of imidazole rings is 1. The van der Waals surface area contributed by atoms with Crippen LogP contribution in [0.2, 0.25) is 0 Å². The topological polar surface area (TPSA) is 56.7 Å². The van der Waals surface area contributed by atoms with Crippen molar-refractivity contribution >= 4 is 11.0 Å². The number of fused-ring (bicyclic) bond motifs is 1. The first-order chi connectivity index (χ1) is 10.2. The summed E-state index contributed by atoms with van der Waals surface area (Å²) in [5.41, 5.74) is 9.35. The van der Waals surface area contributed by atoms with E-state index < -0.39 is 0 Å². The highest BCUT2D eigenvalue weighted by Crippen LogP contribution is 2.24. The van der Waals surface area contributed by atoms with Crippen LogP contribution in [0.5, 0.6) is 0 Å². The molecule has 0 unspecified atom stereocenters. The largest absolute Gasteiger partial charge is 0.326 e. The number of pyridine rings is 1. The van der Waals surface area contributed by atoms with Crippen LogP contribution in [-0.4, -0.2) is 14.5 Å². The lowest BCUT2D eigenvalue weighted by atomic mass is 10.2. The van der Waals surface area contributed by atoms with Gasteiger partial charge in [0.15, 0.2) is 5.82 Å². The van der Waals surface area contributed by atoms with Gasteiger partial charge in [-0.25, -0.2) is 14.4 Å². The fourth-order valence-corrected chi connectivity index (χ4v) is 2.46. The molecule has 0 amide bonds. The van der Waals surface area contributed by atoms with Crippen molar-refractivity contribution in [2.45, 2.75) is 26.4 Å². The summed E-state index contributed by atoms with van der Waals surface area (Å²) < 4.78 is 15.2. The summed E-state index contributed by atoms with van der Waals surface area (Å²) in [5.74, 6) is 0.420. The van der Waals surface area contributed by atoms with E-state index in [0.29, 0.717) is 12.2 Å². The van der Waals surface area contributed by atoms with Crippen molar-refractivity contribution in [3.63, 3.8) is 0 Å². The molecule has 0 spiro atoms. The zero-order valence-corrected chi connectivity index (χ0v) is 11.9. The van der Waals surface area contributed by atoms with Crippen molar-refractivity contribution in [3.05, 3.63) is 47.9 Å². The molecular weight excluding hydrogens is 267 g/mol. The molecule has 0 atom stereocenters. The Hall–Kier alpha value is -2.27. The molecule has 0 bridgehead atoms. The Morgan fingerprint density at radius 3 is 2.76 bits per heavy atom. The second-order valence-electron chi connectivity index (χ2n) is 4.98. The van der Waals surface area contributed by atoms with Crippen LogP contribution in [0.4, 0.5) is 4.39 Å². The highest BCUT2D eigenvalue weighted by molar-refractivity contribution is 5.80. The molecule has 4 nitrogen and oxygen atoms in total. The van der Waals surface area contributed by atoms with Gasteiger partial charge in [0.1, 0.15) is 11.5 Å². The van der Waals surface area contributed by atoms with E-state index in [1.165, 1.54) is 12.3 Å². The van der Waals surface area contributed by atoms with Crippen molar-refractivity contribution in [3.8, 4) is 11.5 Å². The van der Waals surface area contributed by atoms with Gasteiger partial charge in [-0.05, 0) is 36.2 Å². The fraction of sp³-hybridized carbons (Fsp3) is 0.250. The van der Waals surface area contributed by atoms with Gasteiger partial charge in [0.05, 0.1) is 17.2 Å². The van der Waals surface area contributed by atoms with E-state index in [4.69, 9.17) is 5.73 Å². The summed E-state index contributed by atoms with van der Waals surface area (Å²) in [6, 6.07) is 9.11. The quantitative estimate of drug-likeness (QED) is 0.801. The summed E-state index contributed by atoms with van der Waals surface area (Å²) in [6.45, 7) is 3.44. The molecule has 0 fully saturated rings. The van der Waals surface area contributed by atoms with Crippen LogP contribution in [-0.2, 0) is 13.1 Å². The van der Waals surface area contributed by atoms with E-state index in [9.17, 15) is 4.39 Å². The van der Waals surface area contributed by atoms with Gasteiger partial charge >= 0.3 is 0 Å². The minimum absolute atomic E-state index is 0.345. The molecule has 0 aliphatic heterocycles. The molecule has 108 valence electrons. The van der Waals surface area contributed by atoms with Gasteiger partial charge in [-0.15, -0.1) is 0 Å². The molecule has 2 aromatic heterocycles. The number of hydrogen-bond donors (Lipinski definition) is 1. The molecule has 21 heavy (non-hydrogen) atoms. The third-order valence-electron chi connectivity index (χ3n) is 3.45. The minimum atomic E-state index is -0.345. The van der Waals surface area contributed by atoms with Gasteiger partial charge in [0.25, 0.3) is 0 Å². The van der Waals surface area contributed by atoms with E-state index in [-0.39, 0.29) is 5.82 Å².